The zero-order valence-electron chi connectivity index (χ0n) is 14.4. The molecular formula is C19H22ClFN2O2. The van der Waals surface area contributed by atoms with Crippen LogP contribution < -0.4 is 0 Å². The number of nitrogens with zero attached hydrogens (tertiary/aromatic N) is 2. The van der Waals surface area contributed by atoms with Crippen molar-refractivity contribution in [3.63, 3.8) is 0 Å². The molecule has 1 heterocycles. The molecule has 0 bridgehead atoms. The van der Waals surface area contributed by atoms with Gasteiger partial charge in [0, 0.05) is 0 Å². The van der Waals surface area contributed by atoms with Crippen LogP contribution in [0.4, 0.5) is 4.39 Å². The first-order valence-electron chi connectivity index (χ1n) is 8.44. The van der Waals surface area contributed by atoms with Crippen molar-refractivity contribution < 1.29 is 14.3 Å². The quantitative estimate of drug-likeness (QED) is 0.654. The van der Waals surface area contributed by atoms with Gasteiger partial charge in [0.05, 0.1) is 22.1 Å². The number of carboxylic acid groups (broad SMARTS) is 1. The second-order valence-corrected chi connectivity index (χ2v) is 6.16. The number of hydrogen-bond acceptors (Lipinski definition) is 2. The molecule has 0 aliphatic carbocycles. The van der Waals surface area contributed by atoms with Crippen LogP contribution in [0.25, 0.3) is 5.69 Å². The summed E-state index contributed by atoms with van der Waals surface area (Å²) in [6.07, 6.45) is 7.61. The molecule has 6 heteroatoms. The van der Waals surface area contributed by atoms with Gasteiger partial charge in [-0.25, -0.2) is 13.9 Å². The molecule has 0 amide bonds. The van der Waals surface area contributed by atoms with E-state index < -0.39 is 11.8 Å². The first-order chi connectivity index (χ1) is 12.0. The Labute approximate surface area is 151 Å². The van der Waals surface area contributed by atoms with Gasteiger partial charge in [-0.05, 0) is 43.9 Å². The summed E-state index contributed by atoms with van der Waals surface area (Å²) in [7, 11) is 0. The van der Waals surface area contributed by atoms with Gasteiger partial charge in [0.2, 0.25) is 0 Å². The standard InChI is InChI=1S/C19H22ClFN2O2/c1-3-5-6-7-9-16-18(19(24)25)17(8-4-2)23(22-16)13-10-11-15(21)14(20)12-13/h5-6,10-12H,3-4,7-9H2,1-2H3,(H,24,25)/b6-5-. The molecule has 0 aliphatic heterocycles. The van der Waals surface area contributed by atoms with E-state index in [1.807, 2.05) is 26.0 Å². The van der Waals surface area contributed by atoms with Crippen molar-refractivity contribution >= 4 is 17.6 Å². The summed E-state index contributed by atoms with van der Waals surface area (Å²) >= 11 is 5.88. The van der Waals surface area contributed by atoms with Gasteiger partial charge in [0.15, 0.2) is 0 Å². The number of benzene rings is 1. The van der Waals surface area contributed by atoms with Crippen LogP contribution in [0.2, 0.25) is 5.02 Å². The lowest BCUT2D eigenvalue weighted by atomic mass is 10.1. The molecule has 0 fully saturated rings. The maximum Gasteiger partial charge on any atom is 0.339 e. The van der Waals surface area contributed by atoms with E-state index in [2.05, 4.69) is 5.10 Å². The van der Waals surface area contributed by atoms with E-state index in [1.165, 1.54) is 12.1 Å². The Morgan fingerprint density at radius 2 is 2.08 bits per heavy atom. The molecule has 0 radical (unpaired) electrons. The van der Waals surface area contributed by atoms with Crippen LogP contribution in [0.1, 0.15) is 54.9 Å². The number of aryl methyl sites for hydroxylation is 1. The van der Waals surface area contributed by atoms with E-state index in [9.17, 15) is 14.3 Å². The van der Waals surface area contributed by atoms with Gasteiger partial charge in [0.1, 0.15) is 11.4 Å². The molecule has 2 aromatic rings. The lowest BCUT2D eigenvalue weighted by Gasteiger charge is -2.08. The maximum absolute atomic E-state index is 13.5. The average molecular weight is 365 g/mol. The summed E-state index contributed by atoms with van der Waals surface area (Å²) in [4.78, 5) is 11.8. The van der Waals surface area contributed by atoms with Crippen LogP contribution in [0.15, 0.2) is 30.4 Å². The Bertz CT molecular complexity index is 784. The summed E-state index contributed by atoms with van der Waals surface area (Å²) in [6.45, 7) is 4.02. The van der Waals surface area contributed by atoms with Crippen molar-refractivity contribution in [1.82, 2.24) is 9.78 Å². The molecule has 1 N–H and O–H groups in total. The van der Waals surface area contributed by atoms with Crippen LogP contribution in [0.5, 0.6) is 0 Å². The number of carbonyl (C=O) groups is 1. The highest BCUT2D eigenvalue weighted by molar-refractivity contribution is 6.30. The van der Waals surface area contributed by atoms with Gasteiger partial charge in [-0.15, -0.1) is 0 Å². The lowest BCUT2D eigenvalue weighted by molar-refractivity contribution is 0.0694. The van der Waals surface area contributed by atoms with Gasteiger partial charge in [0.25, 0.3) is 0 Å². The van der Waals surface area contributed by atoms with E-state index in [0.717, 1.165) is 19.3 Å². The molecule has 1 aromatic heterocycles. The minimum absolute atomic E-state index is 0.0141. The molecule has 1 aromatic carbocycles. The number of hydrogen-bond donors (Lipinski definition) is 1. The van der Waals surface area contributed by atoms with Crippen molar-refractivity contribution in [2.75, 3.05) is 0 Å². The van der Waals surface area contributed by atoms with Gasteiger partial charge in [-0.1, -0.05) is 44.0 Å². The first-order valence-corrected chi connectivity index (χ1v) is 8.81. The van der Waals surface area contributed by atoms with Gasteiger partial charge in [-0.3, -0.25) is 0 Å². The maximum atomic E-state index is 13.5. The molecule has 0 saturated carbocycles. The fourth-order valence-corrected chi connectivity index (χ4v) is 2.90. The number of carboxylic acids is 1. The second-order valence-electron chi connectivity index (χ2n) is 5.75. The smallest absolute Gasteiger partial charge is 0.339 e. The van der Waals surface area contributed by atoms with E-state index in [1.54, 1.807) is 10.7 Å². The predicted molar refractivity (Wildman–Crippen MR) is 97.2 cm³/mol. The molecule has 0 spiro atoms. The second kappa shape index (κ2) is 8.81. The van der Waals surface area contributed by atoms with Crippen molar-refractivity contribution in [3.8, 4) is 5.69 Å². The summed E-state index contributed by atoms with van der Waals surface area (Å²) in [5.41, 5.74) is 1.96. The minimum atomic E-state index is -0.989. The molecule has 0 saturated heterocycles. The number of aromatic carboxylic acids is 1. The molecule has 134 valence electrons. The van der Waals surface area contributed by atoms with E-state index >= 15 is 0 Å². The van der Waals surface area contributed by atoms with Gasteiger partial charge >= 0.3 is 5.97 Å². The van der Waals surface area contributed by atoms with E-state index in [0.29, 0.717) is 29.9 Å². The number of rotatable bonds is 8. The highest BCUT2D eigenvalue weighted by Crippen LogP contribution is 2.25. The van der Waals surface area contributed by atoms with Gasteiger partial charge in [-0.2, -0.15) is 5.10 Å². The Balaban J connectivity index is 2.52. The molecule has 4 nitrogen and oxygen atoms in total. The van der Waals surface area contributed by atoms with E-state index in [4.69, 9.17) is 11.6 Å². The van der Waals surface area contributed by atoms with Crippen molar-refractivity contribution in [2.24, 2.45) is 0 Å². The molecule has 0 atom stereocenters. The zero-order chi connectivity index (χ0) is 18.4. The SMILES string of the molecule is CC/C=C\CCc1nn(-c2ccc(F)c(Cl)c2)c(CCC)c1C(=O)O. The average Bonchev–Trinajstić information content (AvgIpc) is 2.93. The van der Waals surface area contributed by atoms with Crippen LogP contribution in [-0.2, 0) is 12.8 Å². The Hall–Kier alpha value is -2.14. The van der Waals surface area contributed by atoms with Crippen LogP contribution >= 0.6 is 11.6 Å². The summed E-state index contributed by atoms with van der Waals surface area (Å²) in [6, 6.07) is 4.29. The number of allylic oxidation sites excluding steroid dienone is 2. The Morgan fingerprint density at radius 3 is 2.68 bits per heavy atom. The Morgan fingerprint density at radius 1 is 1.32 bits per heavy atom. The normalized spacial score (nSPS) is 11.4. The summed E-state index contributed by atoms with van der Waals surface area (Å²) in [5.74, 6) is -1.50. The van der Waals surface area contributed by atoms with Crippen molar-refractivity contribution in [2.45, 2.75) is 46.0 Å². The predicted octanol–water partition coefficient (Wildman–Crippen LogP) is 5.21. The van der Waals surface area contributed by atoms with Crippen LogP contribution in [0.3, 0.4) is 0 Å². The molecule has 2 rings (SSSR count). The zero-order valence-corrected chi connectivity index (χ0v) is 15.2. The third-order valence-electron chi connectivity index (χ3n) is 3.85. The first kappa shape index (κ1) is 19.2. The monoisotopic (exact) mass is 364 g/mol. The minimum Gasteiger partial charge on any atom is -0.478 e. The lowest BCUT2D eigenvalue weighted by Crippen LogP contribution is -2.07. The molecule has 0 unspecified atom stereocenters. The molecule has 0 aliphatic rings. The molecular weight excluding hydrogens is 343 g/mol. The fraction of sp³-hybridized carbons (Fsp3) is 0.368. The third-order valence-corrected chi connectivity index (χ3v) is 4.14. The summed E-state index contributed by atoms with van der Waals surface area (Å²) in [5, 5.41) is 14.2. The number of halogens is 2. The highest BCUT2D eigenvalue weighted by Gasteiger charge is 2.23. The van der Waals surface area contributed by atoms with Gasteiger partial charge < -0.3 is 5.11 Å². The Kier molecular flexibility index (Phi) is 6.76. The van der Waals surface area contributed by atoms with Crippen molar-refractivity contribution in [3.05, 3.63) is 58.1 Å². The number of aromatic nitrogens is 2. The topological polar surface area (TPSA) is 55.1 Å². The van der Waals surface area contributed by atoms with Crippen molar-refractivity contribution in [1.29, 1.82) is 0 Å². The van der Waals surface area contributed by atoms with E-state index in [-0.39, 0.29) is 10.6 Å². The van der Waals surface area contributed by atoms with Crippen LogP contribution in [-0.4, -0.2) is 20.9 Å². The largest absolute Gasteiger partial charge is 0.478 e. The highest BCUT2D eigenvalue weighted by atomic mass is 35.5. The third kappa shape index (κ3) is 4.48. The summed E-state index contributed by atoms with van der Waals surface area (Å²) < 4.78 is 15.0. The van der Waals surface area contributed by atoms with Crippen LogP contribution in [0, 0.1) is 5.82 Å². The fourth-order valence-electron chi connectivity index (χ4n) is 2.73. The molecule has 25 heavy (non-hydrogen) atoms.